The third-order valence-electron chi connectivity index (χ3n) is 3.82. The van der Waals surface area contributed by atoms with Crippen molar-refractivity contribution in [2.75, 3.05) is 11.3 Å². The molecule has 0 heterocycles. The number of nitrogens with one attached hydrogen (secondary N) is 3. The highest BCUT2D eigenvalue weighted by Crippen LogP contribution is 2.17. The lowest BCUT2D eigenvalue weighted by atomic mass is 10.2. The fourth-order valence-electron chi connectivity index (χ4n) is 2.41. The van der Waals surface area contributed by atoms with Gasteiger partial charge in [-0.1, -0.05) is 17.7 Å². The summed E-state index contributed by atoms with van der Waals surface area (Å²) in [4.78, 5) is 23.7. The molecular formula is C20H25N3O4S. The predicted molar refractivity (Wildman–Crippen MR) is 109 cm³/mol. The summed E-state index contributed by atoms with van der Waals surface area (Å²) >= 11 is 0. The molecule has 0 atom stereocenters. The van der Waals surface area contributed by atoms with Gasteiger partial charge in [-0.15, -0.1) is 0 Å². The van der Waals surface area contributed by atoms with Gasteiger partial charge in [0, 0.05) is 30.3 Å². The van der Waals surface area contributed by atoms with Gasteiger partial charge < -0.3 is 10.6 Å². The number of hydrogen-bond donors (Lipinski definition) is 3. The lowest BCUT2D eigenvalue weighted by Gasteiger charge is -2.10. The van der Waals surface area contributed by atoms with Crippen LogP contribution < -0.4 is 15.4 Å². The van der Waals surface area contributed by atoms with Crippen molar-refractivity contribution >= 4 is 27.5 Å². The third-order valence-corrected chi connectivity index (χ3v) is 5.22. The Morgan fingerprint density at radius 1 is 0.964 bits per heavy atom. The third kappa shape index (κ3) is 6.38. The van der Waals surface area contributed by atoms with E-state index in [4.69, 9.17) is 0 Å². The maximum Gasteiger partial charge on any atom is 0.261 e. The molecule has 0 spiro atoms. The first-order chi connectivity index (χ1) is 13.2. The summed E-state index contributed by atoms with van der Waals surface area (Å²) in [6.45, 7) is 5.84. The molecule has 0 saturated heterocycles. The molecule has 3 N–H and O–H groups in total. The highest BCUT2D eigenvalue weighted by molar-refractivity contribution is 7.92. The molecule has 2 aromatic carbocycles. The largest absolute Gasteiger partial charge is 0.354 e. The van der Waals surface area contributed by atoms with Gasteiger partial charge >= 0.3 is 0 Å². The predicted octanol–water partition coefficient (Wildman–Crippen LogP) is 2.44. The maximum absolute atomic E-state index is 12.4. The van der Waals surface area contributed by atoms with Crippen molar-refractivity contribution in [3.63, 3.8) is 0 Å². The molecular weight excluding hydrogens is 378 g/mol. The van der Waals surface area contributed by atoms with Crippen molar-refractivity contribution in [3.05, 3.63) is 59.7 Å². The van der Waals surface area contributed by atoms with Gasteiger partial charge in [0.2, 0.25) is 5.91 Å². The first-order valence-electron chi connectivity index (χ1n) is 8.94. The Hall–Kier alpha value is -2.87. The highest BCUT2D eigenvalue weighted by Gasteiger charge is 2.15. The van der Waals surface area contributed by atoms with Crippen LogP contribution in [0.25, 0.3) is 0 Å². The Morgan fingerprint density at radius 3 is 2.14 bits per heavy atom. The highest BCUT2D eigenvalue weighted by atomic mass is 32.2. The fraction of sp³-hybridized carbons (Fsp3) is 0.300. The first kappa shape index (κ1) is 21.4. The van der Waals surface area contributed by atoms with Crippen molar-refractivity contribution in [2.45, 2.75) is 38.1 Å². The van der Waals surface area contributed by atoms with E-state index >= 15 is 0 Å². The number of aryl methyl sites for hydroxylation is 1. The van der Waals surface area contributed by atoms with Gasteiger partial charge in [-0.2, -0.15) is 0 Å². The molecule has 0 unspecified atom stereocenters. The summed E-state index contributed by atoms with van der Waals surface area (Å²) < 4.78 is 27.4. The van der Waals surface area contributed by atoms with Gasteiger partial charge in [0.05, 0.1) is 4.90 Å². The Morgan fingerprint density at radius 2 is 1.57 bits per heavy atom. The van der Waals surface area contributed by atoms with Gasteiger partial charge in [-0.3, -0.25) is 14.3 Å². The maximum atomic E-state index is 12.4. The van der Waals surface area contributed by atoms with Gasteiger partial charge in [0.1, 0.15) is 0 Å². The molecule has 0 bridgehead atoms. The molecule has 28 heavy (non-hydrogen) atoms. The summed E-state index contributed by atoms with van der Waals surface area (Å²) in [5, 5.41) is 5.38. The number of amides is 2. The molecule has 8 heteroatoms. The normalized spacial score (nSPS) is 11.1. The molecule has 2 rings (SSSR count). The molecule has 0 aromatic heterocycles. The molecule has 7 nitrogen and oxygen atoms in total. The van der Waals surface area contributed by atoms with Crippen molar-refractivity contribution < 1.29 is 18.0 Å². The molecule has 2 aromatic rings. The van der Waals surface area contributed by atoms with E-state index in [1.807, 2.05) is 32.9 Å². The second kappa shape index (κ2) is 9.36. The lowest BCUT2D eigenvalue weighted by molar-refractivity contribution is -0.121. The van der Waals surface area contributed by atoms with Gasteiger partial charge in [0.15, 0.2) is 0 Å². The standard InChI is InChI=1S/C20H25N3O4S/c1-14(2)22-19(24)12-13-21-20(25)16-6-10-18(11-7-16)28(26,27)23-17-8-4-15(3)5-9-17/h4-11,14,23H,12-13H2,1-3H3,(H,21,25)(H,22,24). The summed E-state index contributed by atoms with van der Waals surface area (Å²) in [6.07, 6.45) is 0.177. The van der Waals surface area contributed by atoms with E-state index in [0.29, 0.717) is 11.3 Å². The second-order valence-electron chi connectivity index (χ2n) is 6.72. The van der Waals surface area contributed by atoms with E-state index in [0.717, 1.165) is 5.56 Å². The molecule has 0 radical (unpaired) electrons. The van der Waals surface area contributed by atoms with Crippen LogP contribution in [0.2, 0.25) is 0 Å². The van der Waals surface area contributed by atoms with Crippen LogP contribution in [0, 0.1) is 6.92 Å². The minimum absolute atomic E-state index is 0.0474. The molecule has 0 aliphatic heterocycles. The van der Waals surface area contributed by atoms with E-state index < -0.39 is 10.0 Å². The minimum Gasteiger partial charge on any atom is -0.354 e. The van der Waals surface area contributed by atoms with Crippen LogP contribution in [0.3, 0.4) is 0 Å². The SMILES string of the molecule is Cc1ccc(NS(=O)(=O)c2ccc(C(=O)NCCC(=O)NC(C)C)cc2)cc1. The minimum atomic E-state index is -3.74. The van der Waals surface area contributed by atoms with Crippen molar-refractivity contribution in [1.29, 1.82) is 0 Å². The van der Waals surface area contributed by atoms with Crippen LogP contribution in [0.15, 0.2) is 53.4 Å². The Labute approximate surface area is 165 Å². The summed E-state index contributed by atoms with van der Waals surface area (Å²) in [6, 6.07) is 12.7. The summed E-state index contributed by atoms with van der Waals surface area (Å²) in [5.74, 6) is -0.508. The van der Waals surface area contributed by atoms with E-state index in [9.17, 15) is 18.0 Å². The zero-order chi connectivity index (χ0) is 20.7. The zero-order valence-corrected chi connectivity index (χ0v) is 17.0. The number of carbonyl (C=O) groups is 2. The van der Waals surface area contributed by atoms with Crippen molar-refractivity contribution in [3.8, 4) is 0 Å². The fourth-order valence-corrected chi connectivity index (χ4v) is 3.47. The first-order valence-corrected chi connectivity index (χ1v) is 10.4. The number of carbonyl (C=O) groups excluding carboxylic acids is 2. The van der Waals surface area contributed by atoms with Crippen molar-refractivity contribution in [1.82, 2.24) is 10.6 Å². The number of rotatable bonds is 8. The van der Waals surface area contributed by atoms with E-state index in [1.54, 1.807) is 12.1 Å². The second-order valence-corrected chi connectivity index (χ2v) is 8.41. The van der Waals surface area contributed by atoms with Crippen LogP contribution in [-0.4, -0.2) is 32.8 Å². The van der Waals surface area contributed by atoms with E-state index in [-0.39, 0.29) is 35.7 Å². The number of hydrogen-bond acceptors (Lipinski definition) is 4. The Kier molecular flexibility index (Phi) is 7.17. The zero-order valence-electron chi connectivity index (χ0n) is 16.2. The van der Waals surface area contributed by atoms with E-state index in [2.05, 4.69) is 15.4 Å². The molecule has 0 aliphatic rings. The molecule has 150 valence electrons. The molecule has 2 amide bonds. The van der Waals surface area contributed by atoms with Crippen LogP contribution in [-0.2, 0) is 14.8 Å². The van der Waals surface area contributed by atoms with E-state index in [1.165, 1.54) is 24.3 Å². The average Bonchev–Trinajstić information content (AvgIpc) is 2.63. The van der Waals surface area contributed by atoms with Crippen LogP contribution in [0.1, 0.15) is 36.2 Å². The average molecular weight is 404 g/mol. The Balaban J connectivity index is 1.95. The molecule has 0 saturated carbocycles. The van der Waals surface area contributed by atoms with Gasteiger partial charge in [-0.05, 0) is 57.2 Å². The smallest absolute Gasteiger partial charge is 0.261 e. The quantitative estimate of drug-likeness (QED) is 0.630. The number of anilines is 1. The number of sulfonamides is 1. The van der Waals surface area contributed by atoms with Crippen LogP contribution >= 0.6 is 0 Å². The lowest BCUT2D eigenvalue weighted by Crippen LogP contribution is -2.34. The summed E-state index contributed by atoms with van der Waals surface area (Å²) in [5.41, 5.74) is 1.81. The van der Waals surface area contributed by atoms with Crippen LogP contribution in [0.4, 0.5) is 5.69 Å². The van der Waals surface area contributed by atoms with Gasteiger partial charge in [-0.25, -0.2) is 8.42 Å². The summed E-state index contributed by atoms with van der Waals surface area (Å²) in [7, 11) is -3.74. The molecule has 0 fully saturated rings. The van der Waals surface area contributed by atoms with Gasteiger partial charge in [0.25, 0.3) is 15.9 Å². The molecule has 0 aliphatic carbocycles. The van der Waals surface area contributed by atoms with Crippen molar-refractivity contribution in [2.24, 2.45) is 0 Å². The van der Waals surface area contributed by atoms with Crippen LogP contribution in [0.5, 0.6) is 0 Å². The Bertz CT molecular complexity index is 921. The number of benzene rings is 2. The topological polar surface area (TPSA) is 104 Å². The monoisotopic (exact) mass is 403 g/mol.